The van der Waals surface area contributed by atoms with Crippen LogP contribution in [-0.2, 0) is 9.53 Å². The third-order valence-corrected chi connectivity index (χ3v) is 6.53. The van der Waals surface area contributed by atoms with Crippen LogP contribution in [0.5, 0.6) is 0 Å². The first-order chi connectivity index (χ1) is 13.6. The average molecular weight is 387 g/mol. The smallest absolute Gasteiger partial charge is 0.303 e. The predicted octanol–water partition coefficient (Wildman–Crippen LogP) is 4.93. The molecule has 0 saturated carbocycles. The Bertz CT molecular complexity index is 641. The summed E-state index contributed by atoms with van der Waals surface area (Å²) in [6, 6.07) is 10.2. The molecule has 0 aromatic heterocycles. The highest BCUT2D eigenvalue weighted by Gasteiger charge is 2.47. The normalized spacial score (nSPS) is 28.6. The van der Waals surface area contributed by atoms with E-state index in [9.17, 15) is 9.90 Å². The van der Waals surface area contributed by atoms with Crippen LogP contribution >= 0.6 is 0 Å². The molecule has 1 aromatic rings. The van der Waals surface area contributed by atoms with Crippen molar-refractivity contribution in [2.75, 3.05) is 0 Å². The molecule has 0 spiro atoms. The maximum atomic E-state index is 10.6. The van der Waals surface area contributed by atoms with Crippen LogP contribution in [0, 0.1) is 11.8 Å². The van der Waals surface area contributed by atoms with Crippen LogP contribution in [0.4, 0.5) is 0 Å². The summed E-state index contributed by atoms with van der Waals surface area (Å²) in [5.74, 6) is 0.309. The molecule has 0 radical (unpaired) electrons. The molecular formula is C24H34O4. The number of aliphatic hydroxyl groups excluding tert-OH is 1. The SMILES string of the molecule is CC(c1ccccc1)C(O)C=CC1C2CCC(O2)C1CCCCCCC(=O)O. The van der Waals surface area contributed by atoms with E-state index < -0.39 is 12.1 Å². The van der Waals surface area contributed by atoms with Gasteiger partial charge in [-0.15, -0.1) is 0 Å². The van der Waals surface area contributed by atoms with Gasteiger partial charge in [0.15, 0.2) is 0 Å². The molecule has 2 fully saturated rings. The monoisotopic (exact) mass is 386 g/mol. The number of carboxylic acid groups (broad SMARTS) is 1. The van der Waals surface area contributed by atoms with Gasteiger partial charge in [-0.3, -0.25) is 4.79 Å². The van der Waals surface area contributed by atoms with Gasteiger partial charge in [0.2, 0.25) is 0 Å². The van der Waals surface area contributed by atoms with Gasteiger partial charge in [0, 0.05) is 18.3 Å². The van der Waals surface area contributed by atoms with Gasteiger partial charge in [-0.25, -0.2) is 0 Å². The Morgan fingerprint density at radius 2 is 1.86 bits per heavy atom. The fraction of sp³-hybridized carbons (Fsp3) is 0.625. The third kappa shape index (κ3) is 5.45. The van der Waals surface area contributed by atoms with E-state index in [4.69, 9.17) is 9.84 Å². The summed E-state index contributed by atoms with van der Waals surface area (Å²) in [6.07, 6.45) is 12.0. The zero-order valence-electron chi connectivity index (χ0n) is 16.9. The fourth-order valence-corrected chi connectivity index (χ4v) is 4.83. The number of hydrogen-bond donors (Lipinski definition) is 2. The molecule has 4 heteroatoms. The Morgan fingerprint density at radius 1 is 1.14 bits per heavy atom. The standard InChI is InChI=1S/C24H34O4/c1-17(18-9-5-4-6-10-18)21(25)14-13-20-19(22-15-16-23(20)28-22)11-7-2-3-8-12-24(26)27/h4-6,9-10,13-14,17,19-23,25H,2-3,7-8,11-12,15-16H2,1H3,(H,26,27). The first-order valence-corrected chi connectivity index (χ1v) is 10.8. The van der Waals surface area contributed by atoms with Gasteiger partial charge < -0.3 is 14.9 Å². The number of unbranched alkanes of at least 4 members (excludes halogenated alkanes) is 3. The molecule has 6 unspecified atom stereocenters. The summed E-state index contributed by atoms with van der Waals surface area (Å²) in [5.41, 5.74) is 1.15. The lowest BCUT2D eigenvalue weighted by Gasteiger charge is -2.26. The highest BCUT2D eigenvalue weighted by molar-refractivity contribution is 5.66. The Morgan fingerprint density at radius 3 is 2.61 bits per heavy atom. The lowest BCUT2D eigenvalue weighted by atomic mass is 9.76. The van der Waals surface area contributed by atoms with Crippen molar-refractivity contribution in [3.8, 4) is 0 Å². The Hall–Kier alpha value is -1.65. The van der Waals surface area contributed by atoms with Gasteiger partial charge in [-0.05, 0) is 37.2 Å². The fourth-order valence-electron chi connectivity index (χ4n) is 4.83. The zero-order chi connectivity index (χ0) is 19.9. The number of aliphatic carboxylic acids is 1. The maximum absolute atomic E-state index is 10.6. The summed E-state index contributed by atoms with van der Waals surface area (Å²) < 4.78 is 6.17. The topological polar surface area (TPSA) is 66.8 Å². The van der Waals surface area contributed by atoms with Crippen LogP contribution in [-0.4, -0.2) is 34.5 Å². The number of hydrogen-bond acceptors (Lipinski definition) is 3. The molecule has 3 rings (SSSR count). The van der Waals surface area contributed by atoms with Gasteiger partial charge in [-0.2, -0.15) is 0 Å². The van der Waals surface area contributed by atoms with Gasteiger partial charge in [0.25, 0.3) is 0 Å². The summed E-state index contributed by atoms with van der Waals surface area (Å²) in [4.78, 5) is 10.6. The van der Waals surface area contributed by atoms with Crippen LogP contribution in [0.2, 0.25) is 0 Å². The number of carbonyl (C=O) groups is 1. The van der Waals surface area contributed by atoms with E-state index in [1.165, 1.54) is 0 Å². The van der Waals surface area contributed by atoms with E-state index in [2.05, 4.69) is 25.1 Å². The molecule has 6 atom stereocenters. The van der Waals surface area contributed by atoms with Crippen molar-refractivity contribution in [2.45, 2.75) is 82.5 Å². The van der Waals surface area contributed by atoms with E-state index in [0.29, 0.717) is 24.0 Å². The summed E-state index contributed by atoms with van der Waals surface area (Å²) in [7, 11) is 0. The number of benzene rings is 1. The van der Waals surface area contributed by atoms with Crippen LogP contribution in [0.3, 0.4) is 0 Å². The highest BCUT2D eigenvalue weighted by atomic mass is 16.5. The minimum atomic E-state index is -0.699. The van der Waals surface area contributed by atoms with E-state index in [0.717, 1.165) is 50.5 Å². The first kappa shape index (κ1) is 21.1. The van der Waals surface area contributed by atoms with Crippen molar-refractivity contribution in [3.63, 3.8) is 0 Å². The van der Waals surface area contributed by atoms with Crippen LogP contribution in [0.1, 0.15) is 69.8 Å². The van der Waals surface area contributed by atoms with E-state index >= 15 is 0 Å². The molecule has 4 nitrogen and oxygen atoms in total. The van der Waals surface area contributed by atoms with E-state index in [-0.39, 0.29) is 12.3 Å². The molecule has 2 aliphatic heterocycles. The maximum Gasteiger partial charge on any atom is 0.303 e. The molecule has 2 heterocycles. The van der Waals surface area contributed by atoms with Crippen LogP contribution in [0.15, 0.2) is 42.5 Å². The molecular weight excluding hydrogens is 352 g/mol. The molecule has 0 amide bonds. The Labute approximate surface area is 168 Å². The Balaban J connectivity index is 1.50. The number of ether oxygens (including phenoxy) is 1. The number of carboxylic acids is 1. The number of rotatable bonds is 11. The largest absolute Gasteiger partial charge is 0.481 e. The van der Waals surface area contributed by atoms with Crippen molar-refractivity contribution in [2.24, 2.45) is 11.8 Å². The number of aliphatic hydroxyl groups is 1. The van der Waals surface area contributed by atoms with Gasteiger partial charge in [0.05, 0.1) is 18.3 Å². The van der Waals surface area contributed by atoms with Crippen molar-refractivity contribution in [1.29, 1.82) is 0 Å². The van der Waals surface area contributed by atoms with Crippen molar-refractivity contribution in [1.82, 2.24) is 0 Å². The molecule has 2 bridgehead atoms. The molecule has 154 valence electrons. The second kappa shape index (κ2) is 10.2. The molecule has 2 aliphatic rings. The average Bonchev–Trinajstić information content (AvgIpc) is 3.30. The Kier molecular flexibility index (Phi) is 7.69. The highest BCUT2D eigenvalue weighted by Crippen LogP contribution is 2.46. The quantitative estimate of drug-likeness (QED) is 0.418. The lowest BCUT2D eigenvalue weighted by Crippen LogP contribution is -2.26. The third-order valence-electron chi connectivity index (χ3n) is 6.53. The van der Waals surface area contributed by atoms with E-state index in [1.807, 2.05) is 24.3 Å². The van der Waals surface area contributed by atoms with Gasteiger partial charge >= 0.3 is 5.97 Å². The second-order valence-electron chi connectivity index (χ2n) is 8.45. The first-order valence-electron chi connectivity index (χ1n) is 10.8. The van der Waals surface area contributed by atoms with Gasteiger partial charge in [0.1, 0.15) is 0 Å². The molecule has 28 heavy (non-hydrogen) atoms. The van der Waals surface area contributed by atoms with Crippen LogP contribution < -0.4 is 0 Å². The molecule has 2 saturated heterocycles. The molecule has 1 aromatic carbocycles. The summed E-state index contributed by atoms with van der Waals surface area (Å²) in [5, 5.41) is 19.4. The zero-order valence-corrected chi connectivity index (χ0v) is 16.9. The van der Waals surface area contributed by atoms with Crippen LogP contribution in [0.25, 0.3) is 0 Å². The molecule has 0 aliphatic carbocycles. The summed E-state index contributed by atoms with van der Waals surface area (Å²) >= 11 is 0. The minimum Gasteiger partial charge on any atom is -0.481 e. The van der Waals surface area contributed by atoms with Crippen molar-refractivity contribution in [3.05, 3.63) is 48.0 Å². The summed E-state index contributed by atoms with van der Waals surface area (Å²) in [6.45, 7) is 2.07. The molecule has 2 N–H and O–H groups in total. The number of fused-ring (bicyclic) bond motifs is 2. The van der Waals surface area contributed by atoms with E-state index in [1.54, 1.807) is 0 Å². The minimum absolute atomic E-state index is 0.0737. The van der Waals surface area contributed by atoms with Crippen molar-refractivity contribution >= 4 is 5.97 Å². The lowest BCUT2D eigenvalue weighted by molar-refractivity contribution is -0.137. The second-order valence-corrected chi connectivity index (χ2v) is 8.45. The predicted molar refractivity (Wildman–Crippen MR) is 110 cm³/mol. The van der Waals surface area contributed by atoms with Gasteiger partial charge in [-0.1, -0.05) is 68.7 Å². The van der Waals surface area contributed by atoms with Crippen molar-refractivity contribution < 1.29 is 19.7 Å².